The molecule has 192 valence electrons. The summed E-state index contributed by atoms with van der Waals surface area (Å²) in [4.78, 5) is 21.3. The molecule has 0 atom stereocenters. The van der Waals surface area contributed by atoms with Gasteiger partial charge in [-0.1, -0.05) is 13.0 Å². The molecule has 2 aromatic carbocycles. The summed E-state index contributed by atoms with van der Waals surface area (Å²) >= 11 is 0. The first-order chi connectivity index (χ1) is 17.2. The third-order valence-corrected chi connectivity index (χ3v) is 5.29. The number of nitrogens with two attached hydrogens (primary N) is 1. The van der Waals surface area contributed by atoms with Crippen molar-refractivity contribution in [3.05, 3.63) is 77.1 Å². The Kier molecular flexibility index (Phi) is 11.0. The summed E-state index contributed by atoms with van der Waals surface area (Å²) in [5.41, 5.74) is 8.53. The van der Waals surface area contributed by atoms with E-state index in [1.54, 1.807) is 38.3 Å². The minimum Gasteiger partial charge on any atom is -0.505 e. The van der Waals surface area contributed by atoms with Gasteiger partial charge >= 0.3 is 0 Å². The number of aryl methyl sites for hydroxylation is 1. The highest BCUT2D eigenvalue weighted by Crippen LogP contribution is 2.26. The highest BCUT2D eigenvalue weighted by molar-refractivity contribution is 6.45. The van der Waals surface area contributed by atoms with Crippen molar-refractivity contribution in [2.45, 2.75) is 40.5 Å². The summed E-state index contributed by atoms with van der Waals surface area (Å²) in [7, 11) is 0. The zero-order chi connectivity index (χ0) is 26.7. The molecule has 5 N–H and O–H groups in total. The van der Waals surface area contributed by atoms with Crippen molar-refractivity contribution in [1.29, 1.82) is 0 Å². The molecule has 0 aliphatic heterocycles. The molecule has 0 saturated heterocycles. The molecule has 0 spiro atoms. The van der Waals surface area contributed by atoms with E-state index in [0.29, 0.717) is 48.6 Å². The van der Waals surface area contributed by atoms with Crippen LogP contribution in [0.4, 0.5) is 14.5 Å². The van der Waals surface area contributed by atoms with Gasteiger partial charge in [-0.3, -0.25) is 9.79 Å². The maximum atomic E-state index is 14.2. The van der Waals surface area contributed by atoms with Gasteiger partial charge < -0.3 is 21.5 Å². The third kappa shape index (κ3) is 7.58. The van der Waals surface area contributed by atoms with Crippen molar-refractivity contribution in [3.63, 3.8) is 0 Å². The molecule has 0 bridgehead atoms. The van der Waals surface area contributed by atoms with Crippen LogP contribution in [0.15, 0.2) is 58.8 Å². The average molecular weight is 498 g/mol. The molecule has 2 rings (SSSR count). The van der Waals surface area contributed by atoms with Gasteiger partial charge in [-0.05, 0) is 81.6 Å². The molecule has 0 aromatic heterocycles. The first kappa shape index (κ1) is 28.4. The zero-order valence-corrected chi connectivity index (χ0v) is 21.0. The van der Waals surface area contributed by atoms with Crippen LogP contribution in [-0.2, 0) is 6.42 Å². The summed E-state index contributed by atoms with van der Waals surface area (Å²) in [5, 5.41) is 15.4. The van der Waals surface area contributed by atoms with Gasteiger partial charge in [0.25, 0.3) is 5.91 Å². The summed E-state index contributed by atoms with van der Waals surface area (Å²) < 4.78 is 27.9. The van der Waals surface area contributed by atoms with E-state index >= 15 is 0 Å². The van der Waals surface area contributed by atoms with Crippen molar-refractivity contribution in [3.8, 4) is 5.75 Å². The van der Waals surface area contributed by atoms with Crippen LogP contribution in [0, 0.1) is 11.6 Å². The van der Waals surface area contributed by atoms with Gasteiger partial charge in [0.05, 0.1) is 5.71 Å². The second-order valence-electron chi connectivity index (χ2n) is 8.00. The predicted molar refractivity (Wildman–Crippen MR) is 142 cm³/mol. The molecule has 0 saturated carbocycles. The lowest BCUT2D eigenvalue weighted by Crippen LogP contribution is -2.27. The van der Waals surface area contributed by atoms with Crippen LogP contribution in [0.1, 0.15) is 55.6 Å². The van der Waals surface area contributed by atoms with E-state index in [4.69, 9.17) is 5.73 Å². The number of hydrogen-bond donors (Lipinski definition) is 4. The highest BCUT2D eigenvalue weighted by Gasteiger charge is 2.14. The minimum absolute atomic E-state index is 0.00494. The van der Waals surface area contributed by atoms with Crippen LogP contribution >= 0.6 is 0 Å². The van der Waals surface area contributed by atoms with E-state index in [9.17, 15) is 18.7 Å². The molecule has 9 heteroatoms. The van der Waals surface area contributed by atoms with Crippen LogP contribution in [0.3, 0.4) is 0 Å². The Morgan fingerprint density at radius 1 is 1.11 bits per heavy atom. The van der Waals surface area contributed by atoms with Gasteiger partial charge in [0.1, 0.15) is 0 Å². The van der Waals surface area contributed by atoms with Crippen molar-refractivity contribution < 1.29 is 18.7 Å². The number of nitrogens with one attached hydrogen (secondary N) is 2. The lowest BCUT2D eigenvalue weighted by atomic mass is 10.0. The first-order valence-corrected chi connectivity index (χ1v) is 11.7. The van der Waals surface area contributed by atoms with Crippen molar-refractivity contribution in [2.75, 3.05) is 18.4 Å². The van der Waals surface area contributed by atoms with Gasteiger partial charge in [-0.2, -0.15) is 4.39 Å². The highest BCUT2D eigenvalue weighted by atomic mass is 19.2. The minimum atomic E-state index is -1.30. The number of amidine groups is 1. The number of aliphatic imine (C=N–C) groups is 2. The lowest BCUT2D eigenvalue weighted by molar-refractivity contribution is 0.0952. The summed E-state index contributed by atoms with van der Waals surface area (Å²) in [6.07, 6.45) is 6.13. The number of benzene rings is 2. The van der Waals surface area contributed by atoms with Gasteiger partial charge in [0.2, 0.25) is 5.82 Å². The molecule has 0 unspecified atom stereocenters. The molecular formula is C27H33F2N5O2. The van der Waals surface area contributed by atoms with Crippen LogP contribution in [-0.4, -0.2) is 35.7 Å². The van der Waals surface area contributed by atoms with Gasteiger partial charge in [0, 0.05) is 35.8 Å². The fourth-order valence-corrected chi connectivity index (χ4v) is 3.25. The number of nitrogens with zero attached hydrogens (tertiary/aromatic N) is 2. The number of phenols is 1. The Hall–Kier alpha value is -3.85. The molecule has 0 heterocycles. The monoisotopic (exact) mass is 497 g/mol. The standard InChI is InChI=1S/C27H33F2N5O2/c1-5-13-31-26(18(4)33-16-17(3)21-10-11-23(35)25(29)24(21)28)34-20-8-9-22(19(6-2)15-20)27(36)32-14-7-12-30/h5,8-11,13,15-16,35H,6-7,12,14,30H2,1-4H3,(H,31,34)(H,32,36)/b13-5-,17-16+,33-18?. The Labute approximate surface area is 210 Å². The summed E-state index contributed by atoms with van der Waals surface area (Å²) in [6.45, 7) is 8.14. The summed E-state index contributed by atoms with van der Waals surface area (Å²) in [6, 6.07) is 7.80. The number of carbonyl (C=O) groups is 1. The van der Waals surface area contributed by atoms with Gasteiger partial charge in [0.15, 0.2) is 17.4 Å². The van der Waals surface area contributed by atoms with Gasteiger partial charge in [-0.25, -0.2) is 9.38 Å². The number of anilines is 1. The van der Waals surface area contributed by atoms with E-state index in [1.165, 1.54) is 12.3 Å². The second kappa shape index (κ2) is 13.9. The smallest absolute Gasteiger partial charge is 0.251 e. The first-order valence-electron chi connectivity index (χ1n) is 11.7. The van der Waals surface area contributed by atoms with Crippen LogP contribution < -0.4 is 16.4 Å². The van der Waals surface area contributed by atoms with E-state index in [0.717, 1.165) is 17.3 Å². The lowest BCUT2D eigenvalue weighted by Gasteiger charge is -2.13. The Morgan fingerprint density at radius 2 is 1.83 bits per heavy atom. The number of aromatic hydroxyl groups is 1. The molecule has 0 aliphatic rings. The molecule has 0 aliphatic carbocycles. The normalized spacial score (nSPS) is 12.8. The Balaban J connectivity index is 2.31. The molecule has 0 radical (unpaired) electrons. The maximum absolute atomic E-state index is 14.2. The van der Waals surface area contributed by atoms with Crippen LogP contribution in [0.2, 0.25) is 0 Å². The number of hydrogen-bond acceptors (Lipinski definition) is 5. The number of amides is 1. The molecular weight excluding hydrogens is 464 g/mol. The summed E-state index contributed by atoms with van der Waals surface area (Å²) in [5.74, 6) is -2.90. The van der Waals surface area contributed by atoms with E-state index in [2.05, 4.69) is 20.6 Å². The zero-order valence-electron chi connectivity index (χ0n) is 21.0. The third-order valence-electron chi connectivity index (χ3n) is 5.29. The Bertz CT molecular complexity index is 1200. The average Bonchev–Trinajstić information content (AvgIpc) is 2.88. The van der Waals surface area contributed by atoms with E-state index < -0.39 is 17.4 Å². The largest absolute Gasteiger partial charge is 0.505 e. The Morgan fingerprint density at radius 3 is 2.50 bits per heavy atom. The van der Waals surface area contributed by atoms with Crippen molar-refractivity contribution >= 4 is 28.7 Å². The fraction of sp³-hybridized carbons (Fsp3) is 0.296. The second-order valence-corrected chi connectivity index (χ2v) is 8.00. The topological polar surface area (TPSA) is 112 Å². The quantitative estimate of drug-likeness (QED) is 0.206. The number of carbonyl (C=O) groups excluding carboxylic acids is 1. The number of allylic oxidation sites excluding steroid dienone is 2. The number of rotatable bonds is 10. The van der Waals surface area contributed by atoms with E-state index in [1.807, 2.05) is 19.9 Å². The molecule has 7 nitrogen and oxygen atoms in total. The van der Waals surface area contributed by atoms with Crippen molar-refractivity contribution in [1.82, 2.24) is 5.32 Å². The van der Waals surface area contributed by atoms with Crippen LogP contribution in [0.25, 0.3) is 5.57 Å². The van der Waals surface area contributed by atoms with Crippen LogP contribution in [0.5, 0.6) is 5.75 Å². The number of halogens is 2. The molecule has 36 heavy (non-hydrogen) atoms. The molecule has 0 fully saturated rings. The molecule has 2 aromatic rings. The van der Waals surface area contributed by atoms with Crippen molar-refractivity contribution in [2.24, 2.45) is 15.7 Å². The fourth-order valence-electron chi connectivity index (χ4n) is 3.25. The maximum Gasteiger partial charge on any atom is 0.251 e. The molecule has 1 amide bonds. The van der Waals surface area contributed by atoms with Gasteiger partial charge in [-0.15, -0.1) is 0 Å². The predicted octanol–water partition coefficient (Wildman–Crippen LogP) is 5.18. The number of phenolic OH excluding ortho intramolecular Hbond substituents is 1. The SMILES string of the molecule is C/C=C\N=C(Nc1ccc(C(=O)NCCCN)c(CC)c1)C(C)=N/C=C(\C)c1ccc(O)c(F)c1F. The van der Waals surface area contributed by atoms with E-state index in [-0.39, 0.29) is 11.5 Å².